The molecule has 0 bridgehead atoms. The van der Waals surface area contributed by atoms with E-state index in [4.69, 9.17) is 16.7 Å². The van der Waals surface area contributed by atoms with E-state index >= 15 is 0 Å². The van der Waals surface area contributed by atoms with Crippen molar-refractivity contribution in [1.82, 2.24) is 19.9 Å². The molecule has 0 unspecified atom stereocenters. The molecule has 0 atom stereocenters. The fourth-order valence-corrected chi connectivity index (χ4v) is 2.49. The summed E-state index contributed by atoms with van der Waals surface area (Å²) in [5.74, 6) is -0.268. The summed E-state index contributed by atoms with van der Waals surface area (Å²) >= 11 is 6.13. The molecule has 1 amide bonds. The molecule has 108 valence electrons. The quantitative estimate of drug-likeness (QED) is 0.818. The molecule has 6 nitrogen and oxygen atoms in total. The third kappa shape index (κ3) is 2.64. The third-order valence-corrected chi connectivity index (χ3v) is 3.56. The first-order valence-corrected chi connectivity index (χ1v) is 6.56. The summed E-state index contributed by atoms with van der Waals surface area (Å²) in [5.41, 5.74) is 1.68. The number of hydrogen-bond acceptors (Lipinski definition) is 4. The Hall–Kier alpha value is -2.28. The first-order valence-electron chi connectivity index (χ1n) is 6.18. The standard InChI is InChI=1S/C13H10ClFN4O2/c14-11-9-1-2-19(13(20)21)6-10(9)17-12(18-11)7-3-8(15)5-16-4-7/h3-5H,1-2,6H2,(H,20,21). The summed E-state index contributed by atoms with van der Waals surface area (Å²) in [6, 6.07) is 1.25. The van der Waals surface area contributed by atoms with Crippen molar-refractivity contribution < 1.29 is 14.3 Å². The molecular weight excluding hydrogens is 299 g/mol. The second kappa shape index (κ2) is 5.25. The lowest BCUT2D eigenvalue weighted by atomic mass is 10.1. The molecule has 3 heterocycles. The molecule has 0 aromatic carbocycles. The highest BCUT2D eigenvalue weighted by Gasteiger charge is 2.24. The summed E-state index contributed by atoms with van der Waals surface area (Å²) in [5, 5.41) is 9.31. The van der Waals surface area contributed by atoms with Gasteiger partial charge in [0.2, 0.25) is 0 Å². The van der Waals surface area contributed by atoms with Crippen LogP contribution in [0.1, 0.15) is 11.3 Å². The van der Waals surface area contributed by atoms with Crippen LogP contribution in [0, 0.1) is 5.82 Å². The molecule has 1 aliphatic rings. The van der Waals surface area contributed by atoms with E-state index in [1.807, 2.05) is 0 Å². The fraction of sp³-hybridized carbons (Fsp3) is 0.231. The normalized spacial score (nSPS) is 13.9. The minimum Gasteiger partial charge on any atom is -0.465 e. The van der Waals surface area contributed by atoms with Gasteiger partial charge in [0.25, 0.3) is 0 Å². The van der Waals surface area contributed by atoms with Gasteiger partial charge in [-0.3, -0.25) is 4.98 Å². The lowest BCUT2D eigenvalue weighted by Crippen LogP contribution is -2.35. The van der Waals surface area contributed by atoms with Gasteiger partial charge in [0.1, 0.15) is 11.0 Å². The second-order valence-electron chi connectivity index (χ2n) is 4.61. The van der Waals surface area contributed by atoms with Gasteiger partial charge in [-0.15, -0.1) is 0 Å². The van der Waals surface area contributed by atoms with E-state index in [-0.39, 0.29) is 17.5 Å². The van der Waals surface area contributed by atoms with E-state index in [0.29, 0.717) is 24.2 Å². The largest absolute Gasteiger partial charge is 0.465 e. The van der Waals surface area contributed by atoms with Crippen molar-refractivity contribution >= 4 is 17.7 Å². The fourth-order valence-electron chi connectivity index (χ4n) is 2.21. The summed E-state index contributed by atoms with van der Waals surface area (Å²) in [6.45, 7) is 0.495. The topological polar surface area (TPSA) is 79.2 Å². The van der Waals surface area contributed by atoms with Crippen LogP contribution < -0.4 is 0 Å². The van der Waals surface area contributed by atoms with Crippen LogP contribution in [-0.2, 0) is 13.0 Å². The SMILES string of the molecule is O=C(O)N1CCc2c(Cl)nc(-c3cncc(F)c3)nc2C1. The maximum Gasteiger partial charge on any atom is 0.407 e. The minimum absolute atomic E-state index is 0.142. The number of nitrogens with zero attached hydrogens (tertiary/aromatic N) is 4. The van der Waals surface area contributed by atoms with Gasteiger partial charge >= 0.3 is 6.09 Å². The monoisotopic (exact) mass is 308 g/mol. The Bertz CT molecular complexity index is 725. The highest BCUT2D eigenvalue weighted by Crippen LogP contribution is 2.26. The predicted molar refractivity (Wildman–Crippen MR) is 72.4 cm³/mol. The van der Waals surface area contributed by atoms with Crippen LogP contribution in [0.4, 0.5) is 9.18 Å². The van der Waals surface area contributed by atoms with Crippen molar-refractivity contribution in [2.75, 3.05) is 6.54 Å². The number of halogens is 2. The Labute approximate surface area is 124 Å². The summed E-state index contributed by atoms with van der Waals surface area (Å²) in [4.78, 5) is 24.5. The Morgan fingerprint density at radius 3 is 2.90 bits per heavy atom. The Balaban J connectivity index is 2.04. The van der Waals surface area contributed by atoms with Gasteiger partial charge in [-0.05, 0) is 12.5 Å². The summed E-state index contributed by atoms with van der Waals surface area (Å²) in [7, 11) is 0. The molecule has 0 saturated heterocycles. The second-order valence-corrected chi connectivity index (χ2v) is 4.97. The van der Waals surface area contributed by atoms with Gasteiger partial charge in [0.15, 0.2) is 5.82 Å². The van der Waals surface area contributed by atoms with Crippen LogP contribution >= 0.6 is 11.6 Å². The average Bonchev–Trinajstić information content (AvgIpc) is 2.46. The molecule has 1 aliphatic heterocycles. The number of carbonyl (C=O) groups is 1. The molecule has 8 heteroatoms. The van der Waals surface area contributed by atoms with Crippen LogP contribution in [-0.4, -0.2) is 37.6 Å². The zero-order valence-electron chi connectivity index (χ0n) is 10.8. The minimum atomic E-state index is -1.01. The van der Waals surface area contributed by atoms with Crippen molar-refractivity contribution in [3.05, 3.63) is 40.7 Å². The highest BCUT2D eigenvalue weighted by molar-refractivity contribution is 6.30. The van der Waals surface area contributed by atoms with Gasteiger partial charge in [-0.1, -0.05) is 11.6 Å². The van der Waals surface area contributed by atoms with E-state index in [1.165, 1.54) is 17.2 Å². The van der Waals surface area contributed by atoms with Crippen LogP contribution in [0.15, 0.2) is 18.5 Å². The van der Waals surface area contributed by atoms with E-state index in [1.54, 1.807) is 0 Å². The predicted octanol–water partition coefficient (Wildman–Crippen LogP) is 2.37. The van der Waals surface area contributed by atoms with Crippen molar-refractivity contribution in [3.63, 3.8) is 0 Å². The van der Waals surface area contributed by atoms with Crippen LogP contribution in [0.3, 0.4) is 0 Å². The van der Waals surface area contributed by atoms with Crippen molar-refractivity contribution in [2.45, 2.75) is 13.0 Å². The third-order valence-electron chi connectivity index (χ3n) is 3.25. The molecular formula is C13H10ClFN4O2. The van der Waals surface area contributed by atoms with Crippen LogP contribution in [0.2, 0.25) is 5.15 Å². The van der Waals surface area contributed by atoms with Gasteiger partial charge in [-0.25, -0.2) is 19.2 Å². The molecule has 0 saturated carbocycles. The summed E-state index contributed by atoms with van der Waals surface area (Å²) in [6.07, 6.45) is 1.96. The molecule has 0 radical (unpaired) electrons. The van der Waals surface area contributed by atoms with E-state index < -0.39 is 11.9 Å². The van der Waals surface area contributed by atoms with Crippen LogP contribution in [0.5, 0.6) is 0 Å². The molecule has 1 N–H and O–H groups in total. The number of hydrogen-bond donors (Lipinski definition) is 1. The molecule has 21 heavy (non-hydrogen) atoms. The Morgan fingerprint density at radius 2 is 2.19 bits per heavy atom. The van der Waals surface area contributed by atoms with Gasteiger partial charge < -0.3 is 10.0 Å². The maximum atomic E-state index is 13.2. The number of rotatable bonds is 1. The van der Waals surface area contributed by atoms with Gasteiger partial charge in [0.05, 0.1) is 18.4 Å². The molecule has 2 aromatic heterocycles. The zero-order valence-corrected chi connectivity index (χ0v) is 11.5. The van der Waals surface area contributed by atoms with Crippen molar-refractivity contribution in [2.24, 2.45) is 0 Å². The molecule has 2 aromatic rings. The number of amides is 1. The van der Waals surface area contributed by atoms with Gasteiger partial charge in [-0.2, -0.15) is 0 Å². The molecule has 0 aliphatic carbocycles. The van der Waals surface area contributed by atoms with E-state index in [0.717, 1.165) is 11.8 Å². The molecule has 0 spiro atoms. The lowest BCUT2D eigenvalue weighted by molar-refractivity contribution is 0.139. The van der Waals surface area contributed by atoms with Crippen molar-refractivity contribution in [1.29, 1.82) is 0 Å². The Morgan fingerprint density at radius 1 is 1.38 bits per heavy atom. The summed E-state index contributed by atoms with van der Waals surface area (Å²) < 4.78 is 13.2. The number of aromatic nitrogens is 3. The average molecular weight is 309 g/mol. The van der Waals surface area contributed by atoms with E-state index in [2.05, 4.69) is 15.0 Å². The number of carboxylic acid groups (broad SMARTS) is 1. The van der Waals surface area contributed by atoms with Gasteiger partial charge in [0, 0.05) is 23.9 Å². The smallest absolute Gasteiger partial charge is 0.407 e. The maximum absolute atomic E-state index is 13.2. The number of fused-ring (bicyclic) bond motifs is 1. The van der Waals surface area contributed by atoms with Crippen molar-refractivity contribution in [3.8, 4) is 11.4 Å². The van der Waals surface area contributed by atoms with Crippen LogP contribution in [0.25, 0.3) is 11.4 Å². The van der Waals surface area contributed by atoms with E-state index in [9.17, 15) is 9.18 Å². The zero-order chi connectivity index (χ0) is 15.0. The first kappa shape index (κ1) is 13.7. The number of pyridine rings is 1. The Kier molecular flexibility index (Phi) is 3.42. The molecule has 0 fully saturated rings. The highest BCUT2D eigenvalue weighted by atomic mass is 35.5. The first-order chi connectivity index (χ1) is 10.0. The lowest BCUT2D eigenvalue weighted by Gasteiger charge is -2.26. The molecule has 3 rings (SSSR count).